The van der Waals surface area contributed by atoms with Crippen LogP contribution in [-0.2, 0) is 0 Å². The number of hydrogen-bond acceptors (Lipinski definition) is 2. The normalized spacial score (nSPS) is 10.2. The van der Waals surface area contributed by atoms with Crippen LogP contribution in [0.2, 0.25) is 10.0 Å². The minimum absolute atomic E-state index is 0.271. The summed E-state index contributed by atoms with van der Waals surface area (Å²) in [5, 5.41) is 3.68. The number of anilines is 1. The first-order chi connectivity index (χ1) is 8.58. The molecule has 2 aromatic rings. The van der Waals surface area contributed by atoms with E-state index in [2.05, 4.69) is 10.3 Å². The van der Waals surface area contributed by atoms with Crippen molar-refractivity contribution in [1.82, 2.24) is 4.98 Å². The first kappa shape index (κ1) is 12.9. The van der Waals surface area contributed by atoms with Gasteiger partial charge in [0.05, 0.1) is 16.9 Å². The predicted molar refractivity (Wildman–Crippen MR) is 73.4 cm³/mol. The van der Waals surface area contributed by atoms with E-state index in [4.69, 9.17) is 23.2 Å². The third-order valence-corrected chi connectivity index (χ3v) is 3.19. The van der Waals surface area contributed by atoms with Crippen LogP contribution in [0, 0.1) is 6.92 Å². The van der Waals surface area contributed by atoms with E-state index in [1.807, 2.05) is 6.92 Å². The quantitative estimate of drug-likeness (QED) is 0.905. The van der Waals surface area contributed by atoms with Crippen LogP contribution in [0.5, 0.6) is 0 Å². The summed E-state index contributed by atoms with van der Waals surface area (Å²) in [6.07, 6.45) is 3.05. The Labute approximate surface area is 115 Å². The van der Waals surface area contributed by atoms with Crippen molar-refractivity contribution >= 4 is 34.8 Å². The molecule has 0 saturated carbocycles. The maximum absolute atomic E-state index is 12.0. The second kappa shape index (κ2) is 5.38. The summed E-state index contributed by atoms with van der Waals surface area (Å²) in [7, 11) is 0. The molecule has 0 spiro atoms. The summed E-state index contributed by atoms with van der Waals surface area (Å²) in [5.74, 6) is -0.271. The van der Waals surface area contributed by atoms with E-state index in [-0.39, 0.29) is 5.91 Å². The topological polar surface area (TPSA) is 42.0 Å². The fourth-order valence-corrected chi connectivity index (χ4v) is 1.73. The van der Waals surface area contributed by atoms with Crippen molar-refractivity contribution in [3.8, 4) is 0 Å². The second-order valence-electron chi connectivity index (χ2n) is 3.77. The summed E-state index contributed by atoms with van der Waals surface area (Å²) < 4.78 is 0. The molecular weight excluding hydrogens is 271 g/mol. The van der Waals surface area contributed by atoms with Gasteiger partial charge in [-0.3, -0.25) is 9.78 Å². The Kier molecular flexibility index (Phi) is 3.84. The average molecular weight is 281 g/mol. The van der Waals surface area contributed by atoms with Gasteiger partial charge in [0.1, 0.15) is 0 Å². The van der Waals surface area contributed by atoms with E-state index in [1.165, 1.54) is 6.20 Å². The van der Waals surface area contributed by atoms with Crippen LogP contribution < -0.4 is 5.32 Å². The van der Waals surface area contributed by atoms with Crippen LogP contribution in [0.15, 0.2) is 36.7 Å². The highest BCUT2D eigenvalue weighted by molar-refractivity contribution is 6.34. The Morgan fingerprint density at radius 3 is 2.67 bits per heavy atom. The van der Waals surface area contributed by atoms with Gasteiger partial charge in [0.25, 0.3) is 5.91 Å². The molecule has 0 aliphatic rings. The van der Waals surface area contributed by atoms with Crippen molar-refractivity contribution in [2.45, 2.75) is 6.92 Å². The number of carbonyl (C=O) groups excluding carboxylic acids is 1. The Bertz CT molecular complexity index is 599. The molecule has 92 valence electrons. The molecule has 1 aromatic carbocycles. The number of halogens is 2. The Morgan fingerprint density at radius 1 is 1.22 bits per heavy atom. The van der Waals surface area contributed by atoms with Crippen LogP contribution in [0.25, 0.3) is 0 Å². The van der Waals surface area contributed by atoms with Gasteiger partial charge < -0.3 is 5.32 Å². The maximum atomic E-state index is 12.0. The van der Waals surface area contributed by atoms with Crippen LogP contribution in [0.3, 0.4) is 0 Å². The standard InChI is InChI=1S/C13H10Cl2N2O/c1-8-2-3-9(6-11(8)15)13(18)17-12-7-16-5-4-10(12)14/h2-7H,1H3,(H,17,18). The van der Waals surface area contributed by atoms with Crippen molar-refractivity contribution in [2.24, 2.45) is 0 Å². The number of nitrogens with zero attached hydrogens (tertiary/aromatic N) is 1. The lowest BCUT2D eigenvalue weighted by molar-refractivity contribution is 0.102. The SMILES string of the molecule is Cc1ccc(C(=O)Nc2cnccc2Cl)cc1Cl. The van der Waals surface area contributed by atoms with E-state index in [1.54, 1.807) is 30.5 Å². The monoisotopic (exact) mass is 280 g/mol. The van der Waals surface area contributed by atoms with Crippen LogP contribution in [0.4, 0.5) is 5.69 Å². The van der Waals surface area contributed by atoms with E-state index in [0.717, 1.165) is 5.56 Å². The minimum Gasteiger partial charge on any atom is -0.319 e. The van der Waals surface area contributed by atoms with Crippen molar-refractivity contribution in [3.05, 3.63) is 57.8 Å². The van der Waals surface area contributed by atoms with Gasteiger partial charge in [-0.2, -0.15) is 0 Å². The summed E-state index contributed by atoms with van der Waals surface area (Å²) in [6, 6.07) is 6.73. The number of carbonyl (C=O) groups is 1. The van der Waals surface area contributed by atoms with Crippen LogP contribution >= 0.6 is 23.2 Å². The summed E-state index contributed by atoms with van der Waals surface area (Å²) in [6.45, 7) is 1.88. The molecule has 3 nitrogen and oxygen atoms in total. The summed E-state index contributed by atoms with van der Waals surface area (Å²) in [4.78, 5) is 15.9. The zero-order chi connectivity index (χ0) is 13.1. The molecule has 0 saturated heterocycles. The highest BCUT2D eigenvalue weighted by atomic mass is 35.5. The van der Waals surface area contributed by atoms with Gasteiger partial charge in [0.2, 0.25) is 0 Å². The molecule has 0 aliphatic carbocycles. The highest BCUT2D eigenvalue weighted by Crippen LogP contribution is 2.21. The Hall–Kier alpha value is -1.58. The van der Waals surface area contributed by atoms with Gasteiger partial charge >= 0.3 is 0 Å². The predicted octanol–water partition coefficient (Wildman–Crippen LogP) is 3.95. The van der Waals surface area contributed by atoms with Gasteiger partial charge in [0.15, 0.2) is 0 Å². The number of hydrogen-bond donors (Lipinski definition) is 1. The number of aryl methyl sites for hydroxylation is 1. The van der Waals surface area contributed by atoms with Crippen molar-refractivity contribution < 1.29 is 4.79 Å². The number of pyridine rings is 1. The molecule has 0 atom stereocenters. The molecule has 1 aromatic heterocycles. The first-order valence-electron chi connectivity index (χ1n) is 5.25. The summed E-state index contributed by atoms with van der Waals surface area (Å²) in [5.41, 5.74) is 1.87. The molecule has 5 heteroatoms. The molecule has 1 heterocycles. The second-order valence-corrected chi connectivity index (χ2v) is 4.59. The smallest absolute Gasteiger partial charge is 0.255 e. The Morgan fingerprint density at radius 2 is 2.00 bits per heavy atom. The zero-order valence-electron chi connectivity index (χ0n) is 9.58. The molecule has 2 rings (SSSR count). The lowest BCUT2D eigenvalue weighted by Crippen LogP contribution is -2.12. The molecule has 0 unspecified atom stereocenters. The van der Waals surface area contributed by atoms with Gasteiger partial charge in [0, 0.05) is 16.8 Å². The highest BCUT2D eigenvalue weighted by Gasteiger charge is 2.09. The van der Waals surface area contributed by atoms with Gasteiger partial charge in [-0.05, 0) is 30.7 Å². The van der Waals surface area contributed by atoms with Crippen molar-refractivity contribution in [3.63, 3.8) is 0 Å². The lowest BCUT2D eigenvalue weighted by atomic mass is 10.1. The molecule has 0 aliphatic heterocycles. The third kappa shape index (κ3) is 2.81. The maximum Gasteiger partial charge on any atom is 0.255 e. The van der Waals surface area contributed by atoms with Gasteiger partial charge in [-0.1, -0.05) is 29.3 Å². The average Bonchev–Trinajstić information content (AvgIpc) is 2.35. The van der Waals surface area contributed by atoms with Crippen molar-refractivity contribution in [1.29, 1.82) is 0 Å². The first-order valence-corrected chi connectivity index (χ1v) is 6.00. The van der Waals surface area contributed by atoms with E-state index in [9.17, 15) is 4.79 Å². The molecule has 18 heavy (non-hydrogen) atoms. The third-order valence-electron chi connectivity index (χ3n) is 2.45. The van der Waals surface area contributed by atoms with E-state index < -0.39 is 0 Å². The molecule has 1 amide bonds. The fraction of sp³-hybridized carbons (Fsp3) is 0.0769. The number of nitrogens with one attached hydrogen (secondary N) is 1. The molecule has 0 bridgehead atoms. The Balaban J connectivity index is 2.22. The number of amides is 1. The number of rotatable bonds is 2. The molecule has 0 fully saturated rings. The molecular formula is C13H10Cl2N2O. The molecule has 1 N–H and O–H groups in total. The van der Waals surface area contributed by atoms with Crippen LogP contribution in [-0.4, -0.2) is 10.9 Å². The number of aromatic nitrogens is 1. The van der Waals surface area contributed by atoms with Gasteiger partial charge in [-0.15, -0.1) is 0 Å². The minimum atomic E-state index is -0.271. The molecule has 0 radical (unpaired) electrons. The number of benzene rings is 1. The fourth-order valence-electron chi connectivity index (χ4n) is 1.40. The summed E-state index contributed by atoms with van der Waals surface area (Å²) >= 11 is 11.9. The van der Waals surface area contributed by atoms with Gasteiger partial charge in [-0.25, -0.2) is 0 Å². The largest absolute Gasteiger partial charge is 0.319 e. The zero-order valence-corrected chi connectivity index (χ0v) is 11.1. The van der Waals surface area contributed by atoms with Crippen LogP contribution in [0.1, 0.15) is 15.9 Å². The van der Waals surface area contributed by atoms with E-state index >= 15 is 0 Å². The van der Waals surface area contributed by atoms with Crippen molar-refractivity contribution in [2.75, 3.05) is 5.32 Å². The lowest BCUT2D eigenvalue weighted by Gasteiger charge is -2.07. The van der Waals surface area contributed by atoms with E-state index in [0.29, 0.717) is 21.3 Å².